The number of fused-ring (bicyclic) bond motifs is 3. The maximum absolute atomic E-state index is 9.82. The Morgan fingerprint density at radius 3 is 1.05 bits per heavy atom. The van der Waals surface area contributed by atoms with Crippen LogP contribution in [0.3, 0.4) is 0 Å². The average Bonchev–Trinajstić information content (AvgIpc) is 1.42. The molecular weight excluding hydrogens is 677 g/mol. The highest BCUT2D eigenvalue weighted by Crippen LogP contribution is 2.40. The molecule has 0 amide bonds. The molecule has 1 aromatic heterocycles. The second-order valence-corrected chi connectivity index (χ2v) is 11.3. The van der Waals surface area contributed by atoms with Crippen molar-refractivity contribution in [2.75, 3.05) is 4.90 Å². The van der Waals surface area contributed by atoms with Crippen molar-refractivity contribution in [1.82, 2.24) is 4.57 Å². The number of rotatable bonds is 8. The molecule has 2 nitrogen and oxygen atoms in total. The second kappa shape index (κ2) is 14.4. The molecule has 0 aliphatic carbocycles. The van der Waals surface area contributed by atoms with Crippen LogP contribution in [0.15, 0.2) is 230 Å². The highest BCUT2D eigenvalue weighted by atomic mass is 15.1. The fourth-order valence-corrected chi connectivity index (χ4v) is 5.57. The van der Waals surface area contributed by atoms with Crippen LogP contribution in [-0.2, 0) is 0 Å². The first-order valence-corrected chi connectivity index (χ1v) is 16.1. The van der Waals surface area contributed by atoms with E-state index in [4.69, 9.17) is 32.9 Å². The van der Waals surface area contributed by atoms with Gasteiger partial charge in [0.15, 0.2) is 0 Å². The molecule has 0 saturated heterocycles. The SMILES string of the molecule is [2H]c1c([2H])c([2H])c(-c2c([2H])c([2H])c(-c3c([2H])c([2H])c(N(c4c([2H])c([2H])c(-c5c([2H])c([2H])c([2H])c([2H])c5[2H])c([2H])c4[2H])c4c([2H])c([2H])c(-c5c([2H])c([2H])c([2H])c([2H])c5-n5c6c([2H])c([2H])c([2H])c([2H])c6c6c([2H])c([2H])c([2H])c([2H])c65)c([2H])c4[2H])c([2H])c3[2H])c([2H])c2[2H])c([2H])c1[2H]. The van der Waals surface area contributed by atoms with Crippen molar-refractivity contribution in [3.8, 4) is 50.2 Å². The zero-order chi connectivity index (χ0) is 70.3. The minimum atomic E-state index is -1.46. The van der Waals surface area contributed by atoms with Gasteiger partial charge in [0.25, 0.3) is 0 Å². The van der Waals surface area contributed by atoms with Crippen molar-refractivity contribution in [3.63, 3.8) is 0 Å². The van der Waals surface area contributed by atoms with Gasteiger partial charge in [-0.1, -0.05) is 175 Å². The molecule has 10 aromatic rings. The Bertz CT molecular complexity index is 4940. The summed E-state index contributed by atoms with van der Waals surface area (Å²) in [7, 11) is 0. The third kappa shape index (κ3) is 6.14. The Kier molecular flexibility index (Phi) is 3.10. The van der Waals surface area contributed by atoms with Crippen molar-refractivity contribution >= 4 is 38.9 Å². The molecule has 56 heavy (non-hydrogen) atoms. The van der Waals surface area contributed by atoms with Crippen LogP contribution in [0.5, 0.6) is 0 Å². The highest BCUT2D eigenvalue weighted by molar-refractivity contribution is 6.09. The molecule has 1 heterocycles. The highest BCUT2D eigenvalue weighted by Gasteiger charge is 2.17. The minimum absolute atomic E-state index is 0.180. The number of benzene rings is 9. The summed E-state index contributed by atoms with van der Waals surface area (Å²) >= 11 is 0. The van der Waals surface area contributed by atoms with Crippen molar-refractivity contribution < 1.29 is 52.1 Å². The predicted molar refractivity (Wildman–Crippen MR) is 237 cm³/mol. The summed E-state index contributed by atoms with van der Waals surface area (Å²) in [6.45, 7) is 0. The summed E-state index contributed by atoms with van der Waals surface area (Å²) in [5, 5.41) is -1.22. The zero-order valence-electron chi connectivity index (χ0n) is 65.9. The Balaban J connectivity index is 1.36. The van der Waals surface area contributed by atoms with Gasteiger partial charge in [-0.3, -0.25) is 0 Å². The molecule has 0 N–H and O–H groups in total. The molecule has 0 aliphatic rings. The zero-order valence-corrected chi connectivity index (χ0v) is 27.9. The molecule has 264 valence electrons. The Morgan fingerprint density at radius 1 is 0.286 bits per heavy atom. The van der Waals surface area contributed by atoms with Crippen molar-refractivity contribution in [3.05, 3.63) is 230 Å². The third-order valence-electron chi connectivity index (χ3n) is 8.06. The fourth-order valence-electron chi connectivity index (χ4n) is 5.57. The van der Waals surface area contributed by atoms with Gasteiger partial charge in [-0.05, 0) is 93.3 Å². The maximum Gasteiger partial charge on any atom is 0.0645 e. The van der Waals surface area contributed by atoms with Gasteiger partial charge in [-0.15, -0.1) is 0 Å². The standard InChI is InChI=1S/C54H38N2/c1-3-13-39(14-4-1)41-23-25-42(26-24-41)44-29-35-47(36-30-44)55(46-33-27-43(28-34-46)40-15-5-2-6-16-40)48-37-31-45(32-38-48)49-17-7-10-20-52(49)56-53-21-11-8-18-50(53)51-19-9-12-22-54(51)56/h1-38H/i1D,2D,3D,4D,5D,6D,7D,8D,9D,10D,11D,12D,13D,14D,15D,16D,17D,18D,19D,20D,21D,22D,23D,24D,25D,26D,27D,28D,29D,30D,31D,32D,33D,34D,35D,36D,37D,38D. The maximum atomic E-state index is 9.82. The molecule has 10 rings (SSSR count). The first-order chi connectivity index (χ1) is 43.6. The Labute approximate surface area is 381 Å². The van der Waals surface area contributed by atoms with E-state index in [1.807, 2.05) is 0 Å². The molecule has 0 unspecified atom stereocenters. The van der Waals surface area contributed by atoms with Crippen LogP contribution in [-0.4, -0.2) is 4.57 Å². The predicted octanol–water partition coefficient (Wildman–Crippen LogP) is 14.9. The molecule has 0 aliphatic heterocycles. The molecule has 0 atom stereocenters. The molecular formula is C54H38N2. The van der Waals surface area contributed by atoms with Crippen LogP contribution < -0.4 is 4.90 Å². The van der Waals surface area contributed by atoms with Crippen LogP contribution in [0, 0.1) is 0 Å². The van der Waals surface area contributed by atoms with Gasteiger partial charge < -0.3 is 9.47 Å². The van der Waals surface area contributed by atoms with Crippen LogP contribution in [0.4, 0.5) is 17.1 Å². The molecule has 0 saturated carbocycles. The number of hydrogen-bond donors (Lipinski definition) is 0. The topological polar surface area (TPSA) is 8.17 Å². The number of para-hydroxylation sites is 3. The van der Waals surface area contributed by atoms with Crippen molar-refractivity contribution in [2.45, 2.75) is 0 Å². The molecule has 9 aromatic carbocycles. The van der Waals surface area contributed by atoms with Crippen LogP contribution in [0.2, 0.25) is 0 Å². The largest absolute Gasteiger partial charge is 0.311 e. The smallest absolute Gasteiger partial charge is 0.0645 e. The van der Waals surface area contributed by atoms with E-state index in [9.17, 15) is 19.2 Å². The molecule has 0 fully saturated rings. The lowest BCUT2D eigenvalue weighted by Gasteiger charge is -2.26. The number of anilines is 3. The van der Waals surface area contributed by atoms with Gasteiger partial charge in [-0.2, -0.15) is 0 Å². The van der Waals surface area contributed by atoms with Crippen LogP contribution in [0.1, 0.15) is 52.1 Å². The Hall–Kier alpha value is -7.42. The minimum Gasteiger partial charge on any atom is -0.311 e. The monoisotopic (exact) mass is 753 g/mol. The van der Waals surface area contributed by atoms with Gasteiger partial charge >= 0.3 is 0 Å². The fraction of sp³-hybridized carbons (Fsp3) is 0. The first-order valence-electron chi connectivity index (χ1n) is 35.1. The third-order valence-corrected chi connectivity index (χ3v) is 8.06. The van der Waals surface area contributed by atoms with Gasteiger partial charge in [0.1, 0.15) is 0 Å². The van der Waals surface area contributed by atoms with E-state index in [0.29, 0.717) is 4.57 Å². The molecule has 2 heteroatoms. The van der Waals surface area contributed by atoms with E-state index < -0.39 is 319 Å². The van der Waals surface area contributed by atoms with E-state index in [1.54, 1.807) is 0 Å². The first kappa shape index (κ1) is 12.0. The van der Waals surface area contributed by atoms with Gasteiger partial charge in [0.05, 0.1) is 68.8 Å². The summed E-state index contributed by atoms with van der Waals surface area (Å²) in [6.07, 6.45) is 0. The lowest BCUT2D eigenvalue weighted by atomic mass is 10.00. The van der Waals surface area contributed by atoms with Crippen molar-refractivity contribution in [2.24, 2.45) is 0 Å². The van der Waals surface area contributed by atoms with E-state index >= 15 is 0 Å². The summed E-state index contributed by atoms with van der Waals surface area (Å²) in [5.41, 5.74) is -14.2. The van der Waals surface area contributed by atoms with Crippen LogP contribution >= 0.6 is 0 Å². The quantitative estimate of drug-likeness (QED) is 0.150. The summed E-state index contributed by atoms with van der Waals surface area (Å²) < 4.78 is 342. The average molecular weight is 753 g/mol. The van der Waals surface area contributed by atoms with Gasteiger partial charge in [0.2, 0.25) is 0 Å². The Morgan fingerprint density at radius 2 is 0.607 bits per heavy atom. The summed E-state index contributed by atoms with van der Waals surface area (Å²) in [4.78, 5) is 0.180. The number of hydrogen-bond acceptors (Lipinski definition) is 1. The normalized spacial score (nSPS) is 20.7. The second-order valence-electron chi connectivity index (χ2n) is 11.3. The number of nitrogens with zero attached hydrogens (tertiary/aromatic N) is 2. The molecule has 0 spiro atoms. The number of aromatic nitrogens is 1. The van der Waals surface area contributed by atoms with Gasteiger partial charge in [-0.25, -0.2) is 0 Å². The van der Waals surface area contributed by atoms with Crippen LogP contribution in [0.25, 0.3) is 72.0 Å². The van der Waals surface area contributed by atoms with E-state index in [2.05, 4.69) is 0 Å². The van der Waals surface area contributed by atoms with E-state index in [0.717, 1.165) is 0 Å². The lowest BCUT2D eigenvalue weighted by molar-refractivity contribution is 1.18. The van der Waals surface area contributed by atoms with E-state index in [-0.39, 0.29) is 4.90 Å². The molecule has 0 bridgehead atoms. The summed E-state index contributed by atoms with van der Waals surface area (Å²) in [5.74, 6) is 0. The summed E-state index contributed by atoms with van der Waals surface area (Å²) in [6, 6.07) is -43.2. The molecule has 0 radical (unpaired) electrons. The van der Waals surface area contributed by atoms with Gasteiger partial charge in [0, 0.05) is 33.4 Å². The lowest BCUT2D eigenvalue weighted by Crippen LogP contribution is -2.09. The van der Waals surface area contributed by atoms with Crippen molar-refractivity contribution in [1.29, 1.82) is 0 Å². The van der Waals surface area contributed by atoms with E-state index in [1.165, 1.54) is 0 Å².